The molecule has 3 rings (SSSR count). The van der Waals surface area contributed by atoms with Gasteiger partial charge in [-0.15, -0.1) is 24.8 Å². The van der Waals surface area contributed by atoms with Gasteiger partial charge in [0.1, 0.15) is 0 Å². The number of amides is 2. The van der Waals surface area contributed by atoms with Gasteiger partial charge in [0.15, 0.2) is 0 Å². The number of likely N-dealkylation sites (tertiary alicyclic amines) is 1. The maximum atomic E-state index is 12.1. The van der Waals surface area contributed by atoms with E-state index in [9.17, 15) is 9.59 Å². The van der Waals surface area contributed by atoms with Gasteiger partial charge in [-0.25, -0.2) is 0 Å². The number of morpholine rings is 1. The highest BCUT2D eigenvalue weighted by atomic mass is 35.5. The predicted octanol–water partition coefficient (Wildman–Crippen LogP) is 0.269. The predicted molar refractivity (Wildman–Crippen MR) is 105 cm³/mol. The summed E-state index contributed by atoms with van der Waals surface area (Å²) in [5.74, 6) is 0.884. The minimum absolute atomic E-state index is 0. The first kappa shape index (κ1) is 23.4. The van der Waals surface area contributed by atoms with Gasteiger partial charge in [0.2, 0.25) is 11.8 Å². The molecule has 0 aromatic heterocycles. The normalized spacial score (nSPS) is 26.3. The third kappa shape index (κ3) is 7.19. The van der Waals surface area contributed by atoms with Crippen LogP contribution in [-0.2, 0) is 14.3 Å². The lowest BCUT2D eigenvalue weighted by Gasteiger charge is -2.28. The first-order valence-corrected chi connectivity index (χ1v) is 9.28. The monoisotopic (exact) mass is 410 g/mol. The quantitative estimate of drug-likeness (QED) is 0.629. The summed E-state index contributed by atoms with van der Waals surface area (Å²) in [4.78, 5) is 28.4. The Labute approximate surface area is 168 Å². The Morgan fingerprint density at radius 1 is 1.23 bits per heavy atom. The lowest BCUT2D eigenvalue weighted by Crippen LogP contribution is -2.42. The van der Waals surface area contributed by atoms with E-state index in [1.54, 1.807) is 0 Å². The van der Waals surface area contributed by atoms with E-state index < -0.39 is 0 Å². The van der Waals surface area contributed by atoms with E-state index in [-0.39, 0.29) is 42.7 Å². The van der Waals surface area contributed by atoms with Crippen LogP contribution in [0.2, 0.25) is 0 Å². The molecule has 0 radical (unpaired) electrons. The number of carbonyl (C=O) groups is 2. The minimum atomic E-state index is -0.0172. The Bertz CT molecular complexity index is 444. The number of halogens is 2. The van der Waals surface area contributed by atoms with Crippen molar-refractivity contribution in [2.24, 2.45) is 5.92 Å². The zero-order chi connectivity index (χ0) is 16.8. The van der Waals surface area contributed by atoms with Gasteiger partial charge in [0, 0.05) is 45.6 Å². The number of nitrogens with zero attached hydrogens (tertiary/aromatic N) is 2. The molecule has 3 aliphatic heterocycles. The second-order valence-electron chi connectivity index (χ2n) is 7.16. The van der Waals surface area contributed by atoms with E-state index in [1.165, 1.54) is 6.42 Å². The molecule has 0 saturated carbocycles. The van der Waals surface area contributed by atoms with Gasteiger partial charge in [0.25, 0.3) is 0 Å². The standard InChI is InChI=1S/C17H30N4O3.2ClH/c22-16(2-1-14-3-4-18-12-14)19-15-11-17(23)21(13-15)6-5-20-7-9-24-10-8-20;;/h14-15,18H,1-13H2,(H,19,22);2*1H. The molecule has 0 aromatic carbocycles. The summed E-state index contributed by atoms with van der Waals surface area (Å²) in [6.45, 7) is 7.85. The molecule has 152 valence electrons. The van der Waals surface area contributed by atoms with Crippen LogP contribution in [0.15, 0.2) is 0 Å². The van der Waals surface area contributed by atoms with Gasteiger partial charge >= 0.3 is 0 Å². The van der Waals surface area contributed by atoms with Crippen molar-refractivity contribution in [2.75, 3.05) is 59.0 Å². The summed E-state index contributed by atoms with van der Waals surface area (Å²) in [5.41, 5.74) is 0. The molecule has 2 amide bonds. The maximum absolute atomic E-state index is 12.1. The molecule has 2 N–H and O–H groups in total. The van der Waals surface area contributed by atoms with Gasteiger partial charge in [-0.3, -0.25) is 14.5 Å². The number of nitrogens with one attached hydrogen (secondary N) is 2. The van der Waals surface area contributed by atoms with Crippen molar-refractivity contribution in [1.82, 2.24) is 20.4 Å². The first-order chi connectivity index (χ1) is 11.7. The van der Waals surface area contributed by atoms with E-state index in [0.717, 1.165) is 58.9 Å². The van der Waals surface area contributed by atoms with Crippen molar-refractivity contribution in [3.05, 3.63) is 0 Å². The molecule has 0 aliphatic carbocycles. The number of rotatable bonds is 7. The Morgan fingerprint density at radius 3 is 2.69 bits per heavy atom. The van der Waals surface area contributed by atoms with E-state index >= 15 is 0 Å². The van der Waals surface area contributed by atoms with Crippen molar-refractivity contribution in [3.8, 4) is 0 Å². The molecular formula is C17H32Cl2N4O3. The van der Waals surface area contributed by atoms with Crippen molar-refractivity contribution in [1.29, 1.82) is 0 Å². The molecule has 9 heteroatoms. The van der Waals surface area contributed by atoms with Crippen molar-refractivity contribution >= 4 is 36.6 Å². The van der Waals surface area contributed by atoms with Crippen LogP contribution >= 0.6 is 24.8 Å². The Balaban J connectivity index is 0.00000169. The molecule has 0 spiro atoms. The molecule has 0 aromatic rings. The first-order valence-electron chi connectivity index (χ1n) is 9.28. The van der Waals surface area contributed by atoms with Gasteiger partial charge in [-0.05, 0) is 31.8 Å². The highest BCUT2D eigenvalue weighted by Crippen LogP contribution is 2.15. The SMILES string of the molecule is Cl.Cl.O=C(CCC1CCNC1)NC1CC(=O)N(CCN2CCOCC2)C1. The summed E-state index contributed by atoms with van der Waals surface area (Å²) in [6.07, 6.45) is 3.13. The van der Waals surface area contributed by atoms with Gasteiger partial charge < -0.3 is 20.3 Å². The van der Waals surface area contributed by atoms with Gasteiger partial charge in [0.05, 0.1) is 19.3 Å². The van der Waals surface area contributed by atoms with Crippen LogP contribution in [0.3, 0.4) is 0 Å². The summed E-state index contributed by atoms with van der Waals surface area (Å²) in [7, 11) is 0. The van der Waals surface area contributed by atoms with Crippen molar-refractivity contribution in [3.63, 3.8) is 0 Å². The number of hydrogen-bond donors (Lipinski definition) is 2. The van der Waals surface area contributed by atoms with Crippen LogP contribution in [0.4, 0.5) is 0 Å². The van der Waals surface area contributed by atoms with Crippen LogP contribution in [0.1, 0.15) is 25.7 Å². The topological polar surface area (TPSA) is 73.9 Å². The van der Waals surface area contributed by atoms with E-state index in [1.807, 2.05) is 4.90 Å². The summed E-state index contributed by atoms with van der Waals surface area (Å²) >= 11 is 0. The lowest BCUT2D eigenvalue weighted by molar-refractivity contribution is -0.128. The van der Waals surface area contributed by atoms with Crippen LogP contribution in [0.5, 0.6) is 0 Å². The molecule has 3 heterocycles. The molecule has 3 fully saturated rings. The van der Waals surface area contributed by atoms with E-state index in [0.29, 0.717) is 25.3 Å². The lowest BCUT2D eigenvalue weighted by atomic mass is 10.0. The molecule has 26 heavy (non-hydrogen) atoms. The Morgan fingerprint density at radius 2 is 2.00 bits per heavy atom. The van der Waals surface area contributed by atoms with Crippen LogP contribution in [0.25, 0.3) is 0 Å². The molecule has 3 saturated heterocycles. The Kier molecular flexibility index (Phi) is 10.8. The summed E-state index contributed by atoms with van der Waals surface area (Å²) in [5, 5.41) is 6.37. The van der Waals surface area contributed by atoms with Crippen LogP contribution < -0.4 is 10.6 Å². The smallest absolute Gasteiger partial charge is 0.224 e. The average Bonchev–Trinajstić information content (AvgIpc) is 3.22. The molecule has 2 unspecified atom stereocenters. The average molecular weight is 411 g/mol. The van der Waals surface area contributed by atoms with Crippen LogP contribution in [-0.4, -0.2) is 86.7 Å². The van der Waals surface area contributed by atoms with E-state index in [2.05, 4.69) is 15.5 Å². The molecule has 7 nitrogen and oxygen atoms in total. The fraction of sp³-hybridized carbons (Fsp3) is 0.882. The fourth-order valence-electron chi connectivity index (χ4n) is 3.77. The van der Waals surface area contributed by atoms with Gasteiger partial charge in [-0.1, -0.05) is 0 Å². The second kappa shape index (κ2) is 12.0. The van der Waals surface area contributed by atoms with Crippen molar-refractivity contribution < 1.29 is 14.3 Å². The van der Waals surface area contributed by atoms with E-state index in [4.69, 9.17) is 4.74 Å². The molecule has 2 atom stereocenters. The van der Waals surface area contributed by atoms with Gasteiger partial charge in [-0.2, -0.15) is 0 Å². The third-order valence-corrected chi connectivity index (χ3v) is 5.31. The minimum Gasteiger partial charge on any atom is -0.379 e. The number of hydrogen-bond acceptors (Lipinski definition) is 5. The fourth-order valence-corrected chi connectivity index (χ4v) is 3.77. The highest BCUT2D eigenvalue weighted by molar-refractivity contribution is 5.85. The third-order valence-electron chi connectivity index (χ3n) is 5.31. The second-order valence-corrected chi connectivity index (χ2v) is 7.16. The number of carbonyl (C=O) groups excluding carboxylic acids is 2. The van der Waals surface area contributed by atoms with Crippen molar-refractivity contribution in [2.45, 2.75) is 31.7 Å². The molecule has 0 bridgehead atoms. The number of ether oxygens (including phenoxy) is 1. The van der Waals surface area contributed by atoms with Crippen LogP contribution in [0, 0.1) is 5.92 Å². The maximum Gasteiger partial charge on any atom is 0.224 e. The highest BCUT2D eigenvalue weighted by Gasteiger charge is 2.30. The summed E-state index contributed by atoms with van der Waals surface area (Å²) < 4.78 is 5.34. The zero-order valence-corrected chi connectivity index (χ0v) is 16.9. The Hall–Kier alpha value is -0.600. The molecule has 3 aliphatic rings. The molecular weight excluding hydrogens is 379 g/mol. The zero-order valence-electron chi connectivity index (χ0n) is 15.3. The summed E-state index contributed by atoms with van der Waals surface area (Å²) in [6, 6.07) is -0.0172. The largest absolute Gasteiger partial charge is 0.379 e.